The summed E-state index contributed by atoms with van der Waals surface area (Å²) in [6.07, 6.45) is 2.28. The van der Waals surface area contributed by atoms with Gasteiger partial charge in [-0.25, -0.2) is 4.99 Å². The van der Waals surface area contributed by atoms with Crippen LogP contribution in [0.1, 0.15) is 37.8 Å². The van der Waals surface area contributed by atoms with Crippen molar-refractivity contribution >= 4 is 11.9 Å². The summed E-state index contributed by atoms with van der Waals surface area (Å²) in [4.78, 5) is 24.3. The molecule has 7 heteroatoms. The number of carbonyl (C=O) groups excluding carboxylic acids is 1. The number of guanidine groups is 1. The van der Waals surface area contributed by atoms with Crippen LogP contribution < -0.4 is 5.32 Å². The lowest BCUT2D eigenvalue weighted by molar-refractivity contribution is -0.135. The number of benzene rings is 1. The van der Waals surface area contributed by atoms with E-state index in [1.54, 1.807) is 7.11 Å². The van der Waals surface area contributed by atoms with Crippen molar-refractivity contribution < 1.29 is 9.53 Å². The molecule has 1 atom stereocenters. The largest absolute Gasteiger partial charge is 0.380 e. The monoisotopic (exact) mass is 415 g/mol. The predicted octanol–water partition coefficient (Wildman–Crippen LogP) is 1.93. The minimum Gasteiger partial charge on any atom is -0.380 e. The van der Waals surface area contributed by atoms with Crippen LogP contribution in [-0.4, -0.2) is 85.5 Å². The number of methoxy groups -OCH3 is 1. The summed E-state index contributed by atoms with van der Waals surface area (Å²) in [6, 6.07) is 8.26. The maximum Gasteiger partial charge on any atom is 0.239 e. The zero-order valence-corrected chi connectivity index (χ0v) is 18.8. The van der Waals surface area contributed by atoms with E-state index in [0.29, 0.717) is 13.2 Å². The smallest absolute Gasteiger partial charge is 0.239 e. The summed E-state index contributed by atoms with van der Waals surface area (Å²) < 4.78 is 5.32. The minimum absolute atomic E-state index is 0.0364. The molecule has 1 aromatic carbocycles. The number of nitrogens with one attached hydrogen (secondary N) is 1. The van der Waals surface area contributed by atoms with Crippen LogP contribution in [0.5, 0.6) is 0 Å². The molecule has 0 spiro atoms. The molecule has 2 heterocycles. The molecule has 30 heavy (non-hydrogen) atoms. The molecule has 0 saturated carbocycles. The van der Waals surface area contributed by atoms with Gasteiger partial charge in [-0.2, -0.15) is 0 Å². The van der Waals surface area contributed by atoms with Gasteiger partial charge in [-0.15, -0.1) is 0 Å². The molecule has 0 bridgehead atoms. The Morgan fingerprint density at radius 2 is 1.73 bits per heavy atom. The Bertz CT molecular complexity index is 709. The van der Waals surface area contributed by atoms with E-state index in [9.17, 15) is 4.79 Å². The minimum atomic E-state index is -0.0364. The number of ether oxygens (including phenoxy) is 1. The van der Waals surface area contributed by atoms with Gasteiger partial charge in [0.1, 0.15) is 0 Å². The topological polar surface area (TPSA) is 60.4 Å². The normalized spacial score (nSPS) is 19.2. The zero-order valence-electron chi connectivity index (χ0n) is 18.8. The Labute approximate surface area is 181 Å². The molecule has 1 amide bonds. The van der Waals surface area contributed by atoms with Crippen LogP contribution in [0.15, 0.2) is 29.3 Å². The second-order valence-corrected chi connectivity index (χ2v) is 8.10. The van der Waals surface area contributed by atoms with Gasteiger partial charge in [0.2, 0.25) is 5.91 Å². The number of hydrogen-bond donors (Lipinski definition) is 1. The van der Waals surface area contributed by atoms with Crippen molar-refractivity contribution in [3.8, 4) is 0 Å². The van der Waals surface area contributed by atoms with Gasteiger partial charge in [-0.1, -0.05) is 24.3 Å². The van der Waals surface area contributed by atoms with E-state index in [4.69, 9.17) is 9.73 Å². The van der Waals surface area contributed by atoms with E-state index in [1.165, 1.54) is 11.1 Å². The number of piperazine rings is 1. The van der Waals surface area contributed by atoms with Crippen LogP contribution in [-0.2, 0) is 22.7 Å². The summed E-state index contributed by atoms with van der Waals surface area (Å²) in [5, 5.41) is 3.44. The number of likely N-dealkylation sites (tertiary alicyclic amines) is 1. The first-order valence-electron chi connectivity index (χ1n) is 11.3. The highest BCUT2D eigenvalue weighted by molar-refractivity contribution is 5.82. The molecule has 2 aliphatic heterocycles. The molecular formula is C23H37N5O2. The standard InChI is InChI=1S/C23H37N5O2/c1-4-24-23(25-17-20-9-5-6-10-21(20)18-30-3)28-15-13-26(14-16-28)19(2)22(29)27-11-7-8-12-27/h5-6,9-10,19H,4,7-8,11-18H2,1-3H3,(H,24,25). The molecule has 0 aliphatic carbocycles. The number of aliphatic imine (C=N–C) groups is 1. The molecule has 2 saturated heterocycles. The molecule has 1 unspecified atom stereocenters. The fourth-order valence-corrected chi connectivity index (χ4v) is 4.27. The van der Waals surface area contributed by atoms with Crippen LogP contribution in [0.3, 0.4) is 0 Å². The quantitative estimate of drug-likeness (QED) is 0.545. The molecule has 7 nitrogen and oxygen atoms in total. The molecule has 1 aromatic rings. The van der Waals surface area contributed by atoms with E-state index in [-0.39, 0.29) is 11.9 Å². The van der Waals surface area contributed by atoms with Crippen molar-refractivity contribution in [2.45, 2.75) is 45.9 Å². The number of carbonyl (C=O) groups is 1. The van der Waals surface area contributed by atoms with Crippen molar-refractivity contribution in [3.63, 3.8) is 0 Å². The third-order valence-electron chi connectivity index (χ3n) is 6.09. The van der Waals surface area contributed by atoms with Gasteiger partial charge >= 0.3 is 0 Å². The van der Waals surface area contributed by atoms with Gasteiger partial charge in [0.05, 0.1) is 19.2 Å². The Balaban J connectivity index is 1.58. The van der Waals surface area contributed by atoms with Gasteiger partial charge in [0.25, 0.3) is 0 Å². The maximum absolute atomic E-state index is 12.7. The van der Waals surface area contributed by atoms with Gasteiger partial charge < -0.3 is 19.9 Å². The zero-order chi connectivity index (χ0) is 21.3. The lowest BCUT2D eigenvalue weighted by atomic mass is 10.1. The first-order chi connectivity index (χ1) is 14.6. The second kappa shape index (κ2) is 11.3. The number of hydrogen-bond acceptors (Lipinski definition) is 4. The van der Waals surface area contributed by atoms with Gasteiger partial charge in [-0.05, 0) is 37.8 Å². The number of nitrogens with zero attached hydrogens (tertiary/aromatic N) is 4. The summed E-state index contributed by atoms with van der Waals surface area (Å²) >= 11 is 0. The highest BCUT2D eigenvalue weighted by Gasteiger charge is 2.30. The van der Waals surface area contributed by atoms with Crippen molar-refractivity contribution in [3.05, 3.63) is 35.4 Å². The summed E-state index contributed by atoms with van der Waals surface area (Å²) in [5.74, 6) is 1.24. The fourth-order valence-electron chi connectivity index (χ4n) is 4.27. The molecule has 1 N–H and O–H groups in total. The first-order valence-corrected chi connectivity index (χ1v) is 11.3. The van der Waals surface area contributed by atoms with Crippen LogP contribution in [0.2, 0.25) is 0 Å². The Hall–Kier alpha value is -2.12. The van der Waals surface area contributed by atoms with E-state index in [1.807, 2.05) is 11.0 Å². The van der Waals surface area contributed by atoms with Crippen molar-refractivity contribution in [1.82, 2.24) is 20.0 Å². The lowest BCUT2D eigenvalue weighted by Crippen LogP contribution is -2.57. The van der Waals surface area contributed by atoms with Gasteiger partial charge in [-0.3, -0.25) is 9.69 Å². The third kappa shape index (κ3) is 5.73. The summed E-state index contributed by atoms with van der Waals surface area (Å²) in [5.41, 5.74) is 2.37. The van der Waals surface area contributed by atoms with E-state index in [2.05, 4.69) is 47.2 Å². The first kappa shape index (κ1) is 22.6. The van der Waals surface area contributed by atoms with Crippen LogP contribution in [0, 0.1) is 0 Å². The van der Waals surface area contributed by atoms with Crippen LogP contribution >= 0.6 is 0 Å². The van der Waals surface area contributed by atoms with E-state index >= 15 is 0 Å². The fraction of sp³-hybridized carbons (Fsp3) is 0.652. The van der Waals surface area contributed by atoms with Crippen LogP contribution in [0.4, 0.5) is 0 Å². The SMILES string of the molecule is CCNC(=NCc1ccccc1COC)N1CCN(C(C)C(=O)N2CCCC2)CC1. The molecular weight excluding hydrogens is 378 g/mol. The average molecular weight is 416 g/mol. The average Bonchev–Trinajstić information content (AvgIpc) is 3.32. The third-order valence-corrected chi connectivity index (χ3v) is 6.09. The maximum atomic E-state index is 12.7. The Morgan fingerprint density at radius 3 is 2.37 bits per heavy atom. The number of rotatable bonds is 7. The Kier molecular flexibility index (Phi) is 8.51. The van der Waals surface area contributed by atoms with Crippen molar-refractivity contribution in [2.75, 3.05) is 52.9 Å². The van der Waals surface area contributed by atoms with Crippen molar-refractivity contribution in [1.29, 1.82) is 0 Å². The predicted molar refractivity (Wildman–Crippen MR) is 120 cm³/mol. The highest BCUT2D eigenvalue weighted by atomic mass is 16.5. The lowest BCUT2D eigenvalue weighted by Gasteiger charge is -2.39. The molecule has 2 fully saturated rings. The Morgan fingerprint density at radius 1 is 1.07 bits per heavy atom. The van der Waals surface area contributed by atoms with E-state index < -0.39 is 0 Å². The van der Waals surface area contributed by atoms with Gasteiger partial charge in [0, 0.05) is 52.9 Å². The summed E-state index contributed by atoms with van der Waals surface area (Å²) in [7, 11) is 1.72. The second-order valence-electron chi connectivity index (χ2n) is 8.10. The molecule has 2 aliphatic rings. The molecule has 0 aromatic heterocycles. The number of amides is 1. The molecule has 3 rings (SSSR count). The highest BCUT2D eigenvalue weighted by Crippen LogP contribution is 2.15. The summed E-state index contributed by atoms with van der Waals surface area (Å²) in [6.45, 7) is 11.6. The van der Waals surface area contributed by atoms with Crippen LogP contribution in [0.25, 0.3) is 0 Å². The molecule has 166 valence electrons. The van der Waals surface area contributed by atoms with Crippen molar-refractivity contribution in [2.24, 2.45) is 4.99 Å². The van der Waals surface area contributed by atoms with Gasteiger partial charge in [0.15, 0.2) is 5.96 Å². The van der Waals surface area contributed by atoms with E-state index in [0.717, 1.165) is 64.6 Å². The molecule has 0 radical (unpaired) electrons.